The highest BCUT2D eigenvalue weighted by Gasteiger charge is 2.05. The summed E-state index contributed by atoms with van der Waals surface area (Å²) in [5, 5.41) is 3.23. The highest BCUT2D eigenvalue weighted by molar-refractivity contribution is 7.09. The Hall–Kier alpha value is -0.610. The van der Waals surface area contributed by atoms with Gasteiger partial charge >= 0.3 is 4.87 Å². The van der Waals surface area contributed by atoms with Crippen LogP contribution in [0.1, 0.15) is 24.8 Å². The fourth-order valence-electron chi connectivity index (χ4n) is 0.916. The summed E-state index contributed by atoms with van der Waals surface area (Å²) in [7, 11) is 0. The number of nitrogens with one attached hydrogen (secondary N) is 2. The van der Waals surface area contributed by atoms with Crippen molar-refractivity contribution in [3.05, 3.63) is 20.7 Å². The molecule has 0 aromatic carbocycles. The number of hydrogen-bond acceptors (Lipinski definition) is 3. The van der Waals surface area contributed by atoms with Crippen molar-refractivity contribution in [2.24, 2.45) is 0 Å². The Kier molecular flexibility index (Phi) is 2.84. The van der Waals surface area contributed by atoms with E-state index in [0.29, 0.717) is 0 Å². The van der Waals surface area contributed by atoms with Crippen LogP contribution in [0.3, 0.4) is 0 Å². The molecule has 0 bridgehead atoms. The number of rotatable bonds is 3. The lowest BCUT2D eigenvalue weighted by Crippen LogP contribution is -2.16. The third kappa shape index (κ3) is 2.17. The lowest BCUT2D eigenvalue weighted by atomic mass is 10.3. The molecule has 1 rings (SSSR count). The summed E-state index contributed by atoms with van der Waals surface area (Å²) in [6.45, 7) is 5.02. The summed E-state index contributed by atoms with van der Waals surface area (Å²) in [6, 6.07) is 0.281. The molecule has 1 aromatic heterocycles. The fourth-order valence-corrected chi connectivity index (χ4v) is 1.63. The largest absolute Gasteiger partial charge is 0.319 e. The Morgan fingerprint density at radius 1 is 1.82 bits per heavy atom. The highest BCUT2D eigenvalue weighted by atomic mass is 32.1. The Balaban J connectivity index is 2.68. The van der Waals surface area contributed by atoms with Crippen LogP contribution in [0.4, 0.5) is 0 Å². The lowest BCUT2D eigenvalue weighted by molar-refractivity contribution is 0.606. The topological polar surface area (TPSA) is 44.9 Å². The van der Waals surface area contributed by atoms with E-state index in [-0.39, 0.29) is 10.9 Å². The Labute approximate surface area is 69.5 Å². The Bertz CT molecular complexity index is 265. The van der Waals surface area contributed by atoms with Crippen molar-refractivity contribution in [1.29, 1.82) is 0 Å². The van der Waals surface area contributed by atoms with E-state index in [1.54, 1.807) is 6.20 Å². The molecule has 0 spiro atoms. The van der Waals surface area contributed by atoms with Gasteiger partial charge in [0.2, 0.25) is 0 Å². The average Bonchev–Trinajstić information content (AvgIpc) is 2.36. The molecule has 1 aromatic rings. The van der Waals surface area contributed by atoms with Crippen molar-refractivity contribution in [2.45, 2.75) is 19.9 Å². The highest BCUT2D eigenvalue weighted by Crippen LogP contribution is 2.12. The standard InChI is InChI=1S/C7H12N2OS/c1-3-8-5(2)6-4-9-7(10)11-6/h4-5,8H,3H2,1-2H3,(H,9,10). The first-order valence-corrected chi connectivity index (χ1v) is 4.47. The van der Waals surface area contributed by atoms with Gasteiger partial charge in [0.15, 0.2) is 0 Å². The van der Waals surface area contributed by atoms with Crippen LogP contribution in [0.2, 0.25) is 0 Å². The van der Waals surface area contributed by atoms with Gasteiger partial charge in [-0.3, -0.25) is 4.79 Å². The molecule has 0 fully saturated rings. The predicted octanol–water partition coefficient (Wildman–Crippen LogP) is 1.11. The lowest BCUT2D eigenvalue weighted by Gasteiger charge is -2.07. The van der Waals surface area contributed by atoms with E-state index in [4.69, 9.17) is 0 Å². The summed E-state index contributed by atoms with van der Waals surface area (Å²) in [5.41, 5.74) is 0. The van der Waals surface area contributed by atoms with Crippen molar-refractivity contribution < 1.29 is 0 Å². The SMILES string of the molecule is CCNC(C)c1c[nH]c(=O)s1. The zero-order chi connectivity index (χ0) is 8.27. The van der Waals surface area contributed by atoms with Crippen LogP contribution >= 0.6 is 11.3 Å². The van der Waals surface area contributed by atoms with Crippen molar-refractivity contribution >= 4 is 11.3 Å². The summed E-state index contributed by atoms with van der Waals surface area (Å²) >= 11 is 1.26. The molecule has 2 N–H and O–H groups in total. The van der Waals surface area contributed by atoms with Crippen LogP contribution in [0.25, 0.3) is 0 Å². The van der Waals surface area contributed by atoms with Crippen molar-refractivity contribution in [3.63, 3.8) is 0 Å². The Morgan fingerprint density at radius 2 is 2.55 bits per heavy atom. The van der Waals surface area contributed by atoms with Crippen molar-refractivity contribution in [2.75, 3.05) is 6.54 Å². The molecule has 0 aliphatic heterocycles. The van der Waals surface area contributed by atoms with Crippen LogP contribution in [-0.2, 0) is 0 Å². The van der Waals surface area contributed by atoms with Gasteiger partial charge in [0.25, 0.3) is 0 Å². The van der Waals surface area contributed by atoms with E-state index < -0.39 is 0 Å². The second-order valence-electron chi connectivity index (χ2n) is 2.36. The van der Waals surface area contributed by atoms with Crippen LogP contribution in [0.15, 0.2) is 11.0 Å². The zero-order valence-electron chi connectivity index (χ0n) is 6.68. The van der Waals surface area contributed by atoms with Crippen LogP contribution in [-0.4, -0.2) is 11.5 Å². The van der Waals surface area contributed by atoms with Crippen LogP contribution < -0.4 is 10.2 Å². The molecular formula is C7H12N2OS. The third-order valence-corrected chi connectivity index (χ3v) is 2.49. The molecule has 1 atom stereocenters. The number of aromatic amines is 1. The molecule has 0 saturated carbocycles. The molecule has 62 valence electrons. The van der Waals surface area contributed by atoms with E-state index in [2.05, 4.69) is 10.3 Å². The van der Waals surface area contributed by atoms with Gasteiger partial charge < -0.3 is 10.3 Å². The molecular weight excluding hydrogens is 160 g/mol. The molecule has 0 amide bonds. The van der Waals surface area contributed by atoms with Gasteiger partial charge in [-0.1, -0.05) is 18.3 Å². The van der Waals surface area contributed by atoms with E-state index in [0.717, 1.165) is 11.4 Å². The van der Waals surface area contributed by atoms with E-state index in [1.165, 1.54) is 11.3 Å². The van der Waals surface area contributed by atoms with Crippen LogP contribution in [0, 0.1) is 0 Å². The molecule has 1 unspecified atom stereocenters. The van der Waals surface area contributed by atoms with Crippen molar-refractivity contribution in [3.8, 4) is 0 Å². The average molecular weight is 172 g/mol. The second kappa shape index (κ2) is 3.69. The number of hydrogen-bond donors (Lipinski definition) is 2. The first-order valence-electron chi connectivity index (χ1n) is 3.66. The number of thiazole rings is 1. The maximum atomic E-state index is 10.7. The maximum Gasteiger partial charge on any atom is 0.304 e. The molecule has 1 heterocycles. The molecule has 0 aliphatic carbocycles. The minimum atomic E-state index is 0.0183. The normalized spacial score (nSPS) is 13.3. The van der Waals surface area contributed by atoms with Gasteiger partial charge in [-0.25, -0.2) is 0 Å². The first kappa shape index (κ1) is 8.49. The van der Waals surface area contributed by atoms with E-state index in [9.17, 15) is 4.79 Å². The molecule has 3 nitrogen and oxygen atoms in total. The summed E-state index contributed by atoms with van der Waals surface area (Å²) in [5.74, 6) is 0. The van der Waals surface area contributed by atoms with Gasteiger partial charge in [-0.05, 0) is 13.5 Å². The summed E-state index contributed by atoms with van der Waals surface area (Å²) in [4.78, 5) is 14.4. The molecule has 0 saturated heterocycles. The monoisotopic (exact) mass is 172 g/mol. The van der Waals surface area contributed by atoms with Gasteiger partial charge in [0.05, 0.1) is 0 Å². The van der Waals surface area contributed by atoms with Gasteiger partial charge in [-0.2, -0.15) is 0 Å². The van der Waals surface area contributed by atoms with E-state index >= 15 is 0 Å². The van der Waals surface area contributed by atoms with Crippen molar-refractivity contribution in [1.82, 2.24) is 10.3 Å². The number of H-pyrrole nitrogens is 1. The van der Waals surface area contributed by atoms with Gasteiger partial charge in [0, 0.05) is 17.1 Å². The quantitative estimate of drug-likeness (QED) is 0.717. The van der Waals surface area contributed by atoms with Gasteiger partial charge in [-0.15, -0.1) is 0 Å². The first-order chi connectivity index (χ1) is 5.24. The predicted molar refractivity (Wildman–Crippen MR) is 47.0 cm³/mol. The molecule has 0 radical (unpaired) electrons. The molecule has 11 heavy (non-hydrogen) atoms. The fraction of sp³-hybridized carbons (Fsp3) is 0.571. The van der Waals surface area contributed by atoms with Crippen LogP contribution in [0.5, 0.6) is 0 Å². The number of aromatic nitrogens is 1. The minimum Gasteiger partial charge on any atom is -0.319 e. The smallest absolute Gasteiger partial charge is 0.304 e. The minimum absolute atomic E-state index is 0.0183. The van der Waals surface area contributed by atoms with Gasteiger partial charge in [0.1, 0.15) is 0 Å². The van der Waals surface area contributed by atoms with E-state index in [1.807, 2.05) is 13.8 Å². The third-order valence-electron chi connectivity index (χ3n) is 1.48. The molecule has 0 aliphatic rings. The second-order valence-corrected chi connectivity index (χ2v) is 3.41. The maximum absolute atomic E-state index is 10.7. The Morgan fingerprint density at radius 3 is 3.00 bits per heavy atom. The summed E-state index contributed by atoms with van der Waals surface area (Å²) in [6.07, 6.45) is 1.76. The molecule has 4 heteroatoms. The zero-order valence-corrected chi connectivity index (χ0v) is 7.49. The summed E-state index contributed by atoms with van der Waals surface area (Å²) < 4.78 is 0.